The fourth-order valence-corrected chi connectivity index (χ4v) is 6.60. The van der Waals surface area contributed by atoms with Gasteiger partial charge in [-0.15, -0.1) is 0 Å². The molecule has 2 unspecified atom stereocenters. The molecule has 0 saturated carbocycles. The van der Waals surface area contributed by atoms with Crippen LogP contribution in [-0.4, -0.2) is 104 Å². The van der Waals surface area contributed by atoms with Crippen molar-refractivity contribution in [2.75, 3.05) is 56.4 Å². The van der Waals surface area contributed by atoms with Crippen LogP contribution in [0.4, 0.5) is 5.82 Å². The maximum Gasteiger partial charge on any atom is 0.344 e. The Morgan fingerprint density at radius 2 is 1.94 bits per heavy atom. The van der Waals surface area contributed by atoms with Crippen LogP contribution in [0.5, 0.6) is 0 Å². The molecule has 34 heavy (non-hydrogen) atoms. The second-order valence-electron chi connectivity index (χ2n) is 7.70. The van der Waals surface area contributed by atoms with Gasteiger partial charge in [0.2, 0.25) is 0 Å². The lowest BCUT2D eigenvalue weighted by atomic mass is 10.1. The van der Waals surface area contributed by atoms with Gasteiger partial charge in [0.25, 0.3) is 0 Å². The van der Waals surface area contributed by atoms with Gasteiger partial charge in [-0.1, -0.05) is 0 Å². The molecule has 0 radical (unpaired) electrons. The molecule has 2 aromatic heterocycles. The van der Waals surface area contributed by atoms with Gasteiger partial charge in [0.05, 0.1) is 25.6 Å². The Balaban J connectivity index is 1.54. The summed E-state index contributed by atoms with van der Waals surface area (Å²) in [5, 5.41) is 21.1. The predicted molar refractivity (Wildman–Crippen MR) is 129 cm³/mol. The Morgan fingerprint density at radius 1 is 1.21 bits per heavy atom. The third-order valence-electron chi connectivity index (χ3n) is 5.30. The molecular formula is C19H34N7O6PS. The molecule has 13 nitrogen and oxygen atoms in total. The SMILES string of the molecule is CCOP(=O)(CN(CCN)CCSC[C@H]1O[C@@H](n2cnc3c(N)ncnc32)C(O)C1O)OCC. The van der Waals surface area contributed by atoms with Gasteiger partial charge in [-0.2, -0.15) is 11.8 Å². The van der Waals surface area contributed by atoms with E-state index >= 15 is 0 Å². The zero-order chi connectivity index (χ0) is 24.7. The van der Waals surface area contributed by atoms with E-state index in [0.29, 0.717) is 55.5 Å². The standard InChI is InChI=1S/C19H34N7O6PS/c1-3-30-33(29,31-4-2)12-25(6-5-20)7-8-34-9-13-15(27)16(28)19(32-13)26-11-24-14-17(21)22-10-23-18(14)26/h10-11,13,15-16,19,27-28H,3-9,12,20H2,1-2H3,(H2,21,22,23)/t13-,15?,16?,19-/m1/s1. The van der Waals surface area contributed by atoms with Gasteiger partial charge in [-0.25, -0.2) is 15.0 Å². The number of thioether (sulfide) groups is 1. The molecule has 192 valence electrons. The first-order valence-electron chi connectivity index (χ1n) is 11.2. The zero-order valence-corrected chi connectivity index (χ0v) is 21.1. The van der Waals surface area contributed by atoms with Crippen LogP contribution in [0, 0.1) is 0 Å². The lowest BCUT2D eigenvalue weighted by molar-refractivity contribution is -0.0289. The second kappa shape index (κ2) is 12.6. The fourth-order valence-electron chi connectivity index (χ4n) is 3.74. The van der Waals surface area contributed by atoms with Crippen molar-refractivity contribution < 1.29 is 28.6 Å². The highest BCUT2D eigenvalue weighted by molar-refractivity contribution is 7.99. The topological polar surface area (TPSA) is 184 Å². The molecule has 1 aliphatic heterocycles. The zero-order valence-electron chi connectivity index (χ0n) is 19.4. The Morgan fingerprint density at radius 3 is 2.62 bits per heavy atom. The summed E-state index contributed by atoms with van der Waals surface area (Å²) in [7, 11) is -3.22. The van der Waals surface area contributed by atoms with Crippen molar-refractivity contribution >= 4 is 36.3 Å². The van der Waals surface area contributed by atoms with Crippen LogP contribution in [0.25, 0.3) is 11.2 Å². The minimum Gasteiger partial charge on any atom is -0.387 e. The summed E-state index contributed by atoms with van der Waals surface area (Å²) in [4.78, 5) is 14.2. The summed E-state index contributed by atoms with van der Waals surface area (Å²) in [6.07, 6.45) is -0.745. The number of nitrogens with zero attached hydrogens (tertiary/aromatic N) is 5. The van der Waals surface area contributed by atoms with Gasteiger partial charge >= 0.3 is 7.60 Å². The minimum atomic E-state index is -3.22. The summed E-state index contributed by atoms with van der Waals surface area (Å²) in [6.45, 7) is 5.71. The van der Waals surface area contributed by atoms with Crippen LogP contribution in [0.3, 0.4) is 0 Å². The van der Waals surface area contributed by atoms with E-state index in [-0.39, 0.29) is 12.1 Å². The highest BCUT2D eigenvalue weighted by Crippen LogP contribution is 2.48. The number of aliphatic hydroxyl groups is 2. The lowest BCUT2D eigenvalue weighted by Crippen LogP contribution is -2.34. The number of ether oxygens (including phenoxy) is 1. The molecule has 1 fully saturated rings. The van der Waals surface area contributed by atoms with Gasteiger partial charge in [0.15, 0.2) is 17.7 Å². The normalized spacial score (nSPS) is 23.4. The number of aromatic nitrogens is 4. The molecule has 15 heteroatoms. The smallest absolute Gasteiger partial charge is 0.344 e. The highest BCUT2D eigenvalue weighted by Gasteiger charge is 2.44. The number of hydrogen-bond acceptors (Lipinski definition) is 13. The Bertz CT molecular complexity index is 958. The van der Waals surface area contributed by atoms with E-state index in [4.69, 9.17) is 25.3 Å². The highest BCUT2D eigenvalue weighted by atomic mass is 32.2. The summed E-state index contributed by atoms with van der Waals surface area (Å²) in [6, 6.07) is 0. The van der Waals surface area contributed by atoms with Gasteiger partial charge < -0.3 is 35.5 Å². The number of fused-ring (bicyclic) bond motifs is 1. The summed E-state index contributed by atoms with van der Waals surface area (Å²) >= 11 is 1.55. The van der Waals surface area contributed by atoms with E-state index in [2.05, 4.69) is 15.0 Å². The van der Waals surface area contributed by atoms with Crippen molar-refractivity contribution in [3.63, 3.8) is 0 Å². The van der Waals surface area contributed by atoms with Gasteiger partial charge in [-0.05, 0) is 13.8 Å². The summed E-state index contributed by atoms with van der Waals surface area (Å²) < 4.78 is 31.1. The molecule has 0 amide bonds. The summed E-state index contributed by atoms with van der Waals surface area (Å²) in [5.74, 6) is 1.34. The molecular weight excluding hydrogens is 485 g/mol. The quantitative estimate of drug-likeness (QED) is 0.197. The Labute approximate surface area is 202 Å². The molecule has 0 spiro atoms. The van der Waals surface area contributed by atoms with Crippen molar-refractivity contribution in [1.29, 1.82) is 0 Å². The monoisotopic (exact) mass is 519 g/mol. The maximum atomic E-state index is 12.8. The molecule has 4 atom stereocenters. The number of imidazole rings is 1. The Hall–Kier alpha value is -1.35. The third kappa shape index (κ3) is 6.45. The van der Waals surface area contributed by atoms with Crippen LogP contribution in [0.2, 0.25) is 0 Å². The van der Waals surface area contributed by atoms with Crippen molar-refractivity contribution in [2.24, 2.45) is 5.73 Å². The second-order valence-corrected chi connectivity index (χ2v) is 10.9. The van der Waals surface area contributed by atoms with Crippen LogP contribution < -0.4 is 11.5 Å². The van der Waals surface area contributed by atoms with Crippen molar-refractivity contribution in [2.45, 2.75) is 38.4 Å². The molecule has 1 aliphatic rings. The van der Waals surface area contributed by atoms with Crippen LogP contribution in [-0.2, 0) is 18.3 Å². The average Bonchev–Trinajstić information content (AvgIpc) is 3.34. The van der Waals surface area contributed by atoms with E-state index in [1.165, 1.54) is 12.7 Å². The largest absolute Gasteiger partial charge is 0.387 e. The predicted octanol–water partition coefficient (Wildman–Crippen LogP) is 0.245. The summed E-state index contributed by atoms with van der Waals surface area (Å²) in [5.41, 5.74) is 12.4. The molecule has 0 bridgehead atoms. The van der Waals surface area contributed by atoms with E-state index in [1.807, 2.05) is 4.90 Å². The van der Waals surface area contributed by atoms with E-state index in [9.17, 15) is 14.8 Å². The van der Waals surface area contributed by atoms with Gasteiger partial charge in [0, 0.05) is 31.1 Å². The molecule has 3 heterocycles. The number of nitrogen functional groups attached to an aromatic ring is 1. The van der Waals surface area contributed by atoms with Gasteiger partial charge in [-0.3, -0.25) is 14.0 Å². The number of aliphatic hydroxyl groups excluding tert-OH is 2. The first kappa shape index (κ1) is 27.2. The van der Waals surface area contributed by atoms with E-state index in [1.54, 1.807) is 30.2 Å². The van der Waals surface area contributed by atoms with Crippen LogP contribution >= 0.6 is 19.4 Å². The molecule has 1 saturated heterocycles. The molecule has 6 N–H and O–H groups in total. The van der Waals surface area contributed by atoms with Crippen molar-refractivity contribution in [1.82, 2.24) is 24.4 Å². The van der Waals surface area contributed by atoms with E-state index < -0.39 is 32.1 Å². The van der Waals surface area contributed by atoms with Crippen molar-refractivity contribution in [3.05, 3.63) is 12.7 Å². The molecule has 3 rings (SSSR count). The van der Waals surface area contributed by atoms with E-state index in [0.717, 1.165) is 0 Å². The third-order valence-corrected chi connectivity index (χ3v) is 8.39. The van der Waals surface area contributed by atoms with Gasteiger partial charge in [0.1, 0.15) is 30.3 Å². The molecule has 2 aromatic rings. The number of rotatable bonds is 14. The average molecular weight is 520 g/mol. The lowest BCUT2D eigenvalue weighted by Gasteiger charge is -2.26. The Kier molecular flexibility index (Phi) is 10.1. The first-order valence-corrected chi connectivity index (χ1v) is 14.0. The van der Waals surface area contributed by atoms with Crippen LogP contribution in [0.1, 0.15) is 20.1 Å². The fraction of sp³-hybridized carbons (Fsp3) is 0.737. The molecule has 0 aromatic carbocycles. The van der Waals surface area contributed by atoms with Crippen LogP contribution in [0.15, 0.2) is 12.7 Å². The van der Waals surface area contributed by atoms with Crippen molar-refractivity contribution in [3.8, 4) is 0 Å². The maximum absolute atomic E-state index is 12.8. The number of anilines is 1. The minimum absolute atomic E-state index is 0.161. The number of hydrogen-bond donors (Lipinski definition) is 4. The first-order chi connectivity index (χ1) is 16.3. The molecule has 0 aliphatic carbocycles. The number of nitrogens with two attached hydrogens (primary N) is 2.